The average Bonchev–Trinajstić information content (AvgIpc) is 2.01. The summed E-state index contributed by atoms with van der Waals surface area (Å²) in [5.41, 5.74) is -0.727. The summed E-state index contributed by atoms with van der Waals surface area (Å²) in [7, 11) is -0.957. The summed E-state index contributed by atoms with van der Waals surface area (Å²) in [6.07, 6.45) is -1.06. The summed E-state index contributed by atoms with van der Waals surface area (Å²) >= 11 is 0. The second-order valence-electron chi connectivity index (χ2n) is 3.05. The topological polar surface area (TPSA) is 0 Å². The van der Waals surface area contributed by atoms with Gasteiger partial charge >= 0.3 is 6.18 Å². The van der Waals surface area contributed by atoms with Crippen molar-refractivity contribution in [2.75, 3.05) is 12.5 Å². The highest BCUT2D eigenvalue weighted by Gasteiger charge is 2.33. The smallest absolute Gasteiger partial charge is 0.232 e. The Hall–Kier alpha value is -0.710. The van der Waals surface area contributed by atoms with Gasteiger partial charge in [-0.1, -0.05) is 0 Å². The van der Waals surface area contributed by atoms with Gasteiger partial charge in [0.25, 0.3) is 0 Å². The number of hydrogen-bond donors (Lipinski definition) is 1. The minimum Gasteiger partial charge on any atom is -0.232 e. The van der Waals surface area contributed by atoms with E-state index >= 15 is 0 Å². The third kappa shape index (κ3) is 2.41. The van der Waals surface area contributed by atoms with E-state index in [1.807, 2.05) is 0 Å². The molecule has 0 spiro atoms. The molecule has 0 saturated heterocycles. The molecule has 1 rings (SSSR count). The van der Waals surface area contributed by atoms with Gasteiger partial charge in [0.15, 0.2) is 0 Å². The lowest BCUT2D eigenvalue weighted by atomic mass is 10.2. The molecule has 0 unspecified atom stereocenters. The fourth-order valence-corrected chi connectivity index (χ4v) is 2.18. The van der Waals surface area contributed by atoms with Crippen LogP contribution in [0.4, 0.5) is 17.6 Å². The van der Waals surface area contributed by atoms with Crippen LogP contribution >= 0.6 is 10.9 Å². The summed E-state index contributed by atoms with van der Waals surface area (Å²) in [4.78, 5) is 0.0625. The predicted molar refractivity (Wildman–Crippen MR) is 50.5 cm³/mol. The van der Waals surface area contributed by atoms with Gasteiger partial charge in [0.2, 0.25) is 0 Å². The Balaban J connectivity index is 3.29. The van der Waals surface area contributed by atoms with Crippen LogP contribution in [0.1, 0.15) is 5.56 Å². The molecule has 0 atom stereocenters. The van der Waals surface area contributed by atoms with Crippen LogP contribution in [0.2, 0.25) is 0 Å². The zero-order valence-corrected chi connectivity index (χ0v) is 8.59. The summed E-state index contributed by atoms with van der Waals surface area (Å²) in [6.45, 7) is 0. The van der Waals surface area contributed by atoms with Gasteiger partial charge in [0, 0.05) is 4.90 Å². The van der Waals surface area contributed by atoms with Crippen molar-refractivity contribution in [2.45, 2.75) is 11.1 Å². The molecule has 0 amide bonds. The van der Waals surface area contributed by atoms with Crippen molar-refractivity contribution >= 4 is 10.9 Å². The van der Waals surface area contributed by atoms with E-state index in [2.05, 4.69) is 0 Å². The first kappa shape index (κ1) is 11.4. The van der Waals surface area contributed by atoms with Crippen molar-refractivity contribution < 1.29 is 17.6 Å². The maximum atomic E-state index is 12.7. The Morgan fingerprint density at radius 3 is 2.14 bits per heavy atom. The lowest BCUT2D eigenvalue weighted by molar-refractivity contribution is -0.139. The molecule has 0 aliphatic rings. The standard InChI is InChI=1S/C9H10F4S/c1-14(2)8-5-6(10)3-4-7(8)9(11,12)13/h3-5,14H,1-2H3. The highest BCUT2D eigenvalue weighted by Crippen LogP contribution is 2.40. The molecular formula is C9H10F4S. The number of thiol groups is 1. The lowest BCUT2D eigenvalue weighted by Gasteiger charge is -2.17. The molecule has 0 fully saturated rings. The normalized spacial score (nSPS) is 12.9. The first-order chi connectivity index (χ1) is 6.32. The number of hydrogen-bond acceptors (Lipinski definition) is 0. The van der Waals surface area contributed by atoms with E-state index in [1.54, 1.807) is 12.5 Å². The Morgan fingerprint density at radius 1 is 1.14 bits per heavy atom. The second-order valence-corrected chi connectivity index (χ2v) is 5.32. The predicted octanol–water partition coefficient (Wildman–Crippen LogP) is 3.46. The Kier molecular flexibility index (Phi) is 3.09. The van der Waals surface area contributed by atoms with E-state index in [-0.39, 0.29) is 4.90 Å². The van der Waals surface area contributed by atoms with Gasteiger partial charge in [-0.2, -0.15) is 13.2 Å². The van der Waals surface area contributed by atoms with Crippen molar-refractivity contribution in [3.8, 4) is 0 Å². The summed E-state index contributed by atoms with van der Waals surface area (Å²) < 4.78 is 50.0. The van der Waals surface area contributed by atoms with E-state index in [9.17, 15) is 17.6 Å². The van der Waals surface area contributed by atoms with E-state index in [4.69, 9.17) is 0 Å². The molecule has 14 heavy (non-hydrogen) atoms. The highest BCUT2D eigenvalue weighted by atomic mass is 32.2. The third-order valence-electron chi connectivity index (χ3n) is 1.75. The van der Waals surface area contributed by atoms with Crippen molar-refractivity contribution in [3.63, 3.8) is 0 Å². The first-order valence-corrected chi connectivity index (χ1v) is 6.10. The minimum atomic E-state index is -4.39. The van der Waals surface area contributed by atoms with Gasteiger partial charge in [0.1, 0.15) is 5.82 Å². The summed E-state index contributed by atoms with van der Waals surface area (Å²) in [5, 5.41) is 0. The van der Waals surface area contributed by atoms with Crippen LogP contribution in [0.15, 0.2) is 23.1 Å². The molecule has 0 nitrogen and oxygen atoms in total. The van der Waals surface area contributed by atoms with Crippen LogP contribution < -0.4 is 0 Å². The molecule has 0 heterocycles. The lowest BCUT2D eigenvalue weighted by Crippen LogP contribution is -2.08. The second kappa shape index (κ2) is 3.81. The molecule has 0 radical (unpaired) electrons. The van der Waals surface area contributed by atoms with Crippen molar-refractivity contribution in [1.29, 1.82) is 0 Å². The Labute approximate surface area is 82.3 Å². The molecule has 0 aliphatic heterocycles. The van der Waals surface area contributed by atoms with Crippen molar-refractivity contribution in [2.24, 2.45) is 0 Å². The Bertz CT molecular complexity index is 330. The maximum Gasteiger partial charge on any atom is 0.417 e. The molecule has 0 bridgehead atoms. The van der Waals surface area contributed by atoms with Crippen molar-refractivity contribution in [1.82, 2.24) is 0 Å². The van der Waals surface area contributed by atoms with Crippen molar-refractivity contribution in [3.05, 3.63) is 29.6 Å². The SMILES string of the molecule is C[SH](C)c1cc(F)ccc1C(F)(F)F. The molecule has 0 saturated carbocycles. The summed E-state index contributed by atoms with van der Waals surface area (Å²) in [6, 6.07) is 2.60. The number of rotatable bonds is 1. The van der Waals surface area contributed by atoms with Gasteiger partial charge in [0.05, 0.1) is 5.56 Å². The van der Waals surface area contributed by atoms with Gasteiger partial charge in [-0.05, 0) is 30.7 Å². The average molecular weight is 226 g/mol. The third-order valence-corrected chi connectivity index (χ3v) is 3.08. The maximum absolute atomic E-state index is 12.7. The molecular weight excluding hydrogens is 216 g/mol. The van der Waals surface area contributed by atoms with Crippen LogP contribution in [0.5, 0.6) is 0 Å². The number of halogens is 4. The minimum absolute atomic E-state index is 0.0625. The van der Waals surface area contributed by atoms with Gasteiger partial charge in [-0.15, -0.1) is 0 Å². The molecule has 0 aromatic heterocycles. The van der Waals surface area contributed by atoms with Crippen LogP contribution in [0.25, 0.3) is 0 Å². The highest BCUT2D eigenvalue weighted by molar-refractivity contribution is 8.15. The van der Waals surface area contributed by atoms with E-state index in [0.717, 1.165) is 18.2 Å². The van der Waals surface area contributed by atoms with Crippen LogP contribution in [-0.2, 0) is 6.18 Å². The van der Waals surface area contributed by atoms with E-state index < -0.39 is 28.5 Å². The largest absolute Gasteiger partial charge is 0.417 e. The van der Waals surface area contributed by atoms with E-state index in [0.29, 0.717) is 0 Å². The van der Waals surface area contributed by atoms with Crippen LogP contribution in [0.3, 0.4) is 0 Å². The zero-order valence-electron chi connectivity index (χ0n) is 7.69. The quantitative estimate of drug-likeness (QED) is 0.550. The van der Waals surface area contributed by atoms with Crippen LogP contribution in [0, 0.1) is 5.82 Å². The van der Waals surface area contributed by atoms with Crippen LogP contribution in [-0.4, -0.2) is 12.5 Å². The molecule has 1 aromatic carbocycles. The number of benzene rings is 1. The molecule has 80 valence electrons. The zero-order chi connectivity index (χ0) is 10.9. The van der Waals surface area contributed by atoms with E-state index in [1.165, 1.54) is 0 Å². The molecule has 0 N–H and O–H groups in total. The first-order valence-electron chi connectivity index (χ1n) is 3.86. The Morgan fingerprint density at radius 2 is 1.71 bits per heavy atom. The molecule has 0 aliphatic carbocycles. The fraction of sp³-hybridized carbons (Fsp3) is 0.333. The van der Waals surface area contributed by atoms with Gasteiger partial charge < -0.3 is 0 Å². The monoisotopic (exact) mass is 226 g/mol. The molecule has 5 heteroatoms. The van der Waals surface area contributed by atoms with Gasteiger partial charge in [-0.25, -0.2) is 15.3 Å². The fourth-order valence-electron chi connectivity index (χ4n) is 1.11. The number of alkyl halides is 3. The van der Waals surface area contributed by atoms with Gasteiger partial charge in [-0.3, -0.25) is 0 Å². The summed E-state index contributed by atoms with van der Waals surface area (Å²) in [5.74, 6) is -0.621. The molecule has 1 aromatic rings.